The van der Waals surface area contributed by atoms with Gasteiger partial charge in [-0.3, -0.25) is 9.89 Å². The molecule has 1 aromatic rings. The van der Waals surface area contributed by atoms with E-state index in [4.69, 9.17) is 0 Å². The first-order valence-corrected chi connectivity index (χ1v) is 5.82. The van der Waals surface area contributed by atoms with Crippen molar-refractivity contribution in [1.29, 1.82) is 0 Å². The monoisotopic (exact) mass is 211 g/mol. The van der Waals surface area contributed by atoms with Gasteiger partial charge < -0.3 is 5.32 Å². The smallest absolute Gasteiger partial charge is 0.229 e. The Bertz CT molecular complexity index is 331. The third kappa shape index (κ3) is 2.09. The number of aryl methyl sites for hydroxylation is 1. The molecule has 14 heavy (non-hydrogen) atoms. The van der Waals surface area contributed by atoms with E-state index in [0.29, 0.717) is 5.82 Å². The number of nitrogens with one attached hydrogen (secondary N) is 2. The third-order valence-electron chi connectivity index (χ3n) is 2.26. The number of amides is 1. The van der Waals surface area contributed by atoms with E-state index in [9.17, 15) is 4.79 Å². The summed E-state index contributed by atoms with van der Waals surface area (Å²) in [5.74, 6) is 2.93. The van der Waals surface area contributed by atoms with Crippen LogP contribution in [0.3, 0.4) is 0 Å². The highest BCUT2D eigenvalue weighted by Gasteiger charge is 2.23. The Morgan fingerprint density at radius 2 is 2.64 bits per heavy atom. The molecule has 1 unspecified atom stereocenters. The van der Waals surface area contributed by atoms with Crippen LogP contribution in [0.1, 0.15) is 12.1 Å². The fraction of sp³-hybridized carbons (Fsp3) is 0.556. The lowest BCUT2D eigenvalue weighted by molar-refractivity contribution is -0.119. The van der Waals surface area contributed by atoms with Crippen molar-refractivity contribution < 1.29 is 4.79 Å². The number of hydrogen-bond acceptors (Lipinski definition) is 3. The number of aromatic amines is 1. The van der Waals surface area contributed by atoms with Gasteiger partial charge in [0.05, 0.1) is 0 Å². The first-order valence-electron chi connectivity index (χ1n) is 4.66. The topological polar surface area (TPSA) is 57.8 Å². The van der Waals surface area contributed by atoms with Gasteiger partial charge in [-0.15, -0.1) is 0 Å². The van der Waals surface area contributed by atoms with Gasteiger partial charge in [-0.05, 0) is 19.1 Å². The summed E-state index contributed by atoms with van der Waals surface area (Å²) in [6, 6.07) is 1.83. The van der Waals surface area contributed by atoms with Crippen LogP contribution in [0.2, 0.25) is 0 Å². The van der Waals surface area contributed by atoms with Gasteiger partial charge in [-0.2, -0.15) is 16.9 Å². The van der Waals surface area contributed by atoms with Crippen molar-refractivity contribution in [3.8, 4) is 0 Å². The van der Waals surface area contributed by atoms with E-state index < -0.39 is 0 Å². The van der Waals surface area contributed by atoms with Gasteiger partial charge >= 0.3 is 0 Å². The number of hydrogen-bond donors (Lipinski definition) is 2. The number of carbonyl (C=O) groups excluding carboxylic acids is 1. The lowest BCUT2D eigenvalue weighted by Gasteiger charge is -2.06. The van der Waals surface area contributed by atoms with Crippen molar-refractivity contribution >= 4 is 23.5 Å². The number of thioether (sulfide) groups is 1. The molecular formula is C9H13N3OS. The van der Waals surface area contributed by atoms with Crippen LogP contribution in [0.5, 0.6) is 0 Å². The lowest BCUT2D eigenvalue weighted by Crippen LogP contribution is -2.22. The molecule has 5 heteroatoms. The predicted molar refractivity (Wildman–Crippen MR) is 57.4 cm³/mol. The SMILES string of the molecule is Cc1cc(NC(=O)C2CCSC2)n[nH]1. The van der Waals surface area contributed by atoms with Crippen LogP contribution < -0.4 is 5.32 Å². The maximum atomic E-state index is 11.6. The average Bonchev–Trinajstić information content (AvgIpc) is 2.75. The zero-order valence-corrected chi connectivity index (χ0v) is 8.86. The highest BCUT2D eigenvalue weighted by molar-refractivity contribution is 7.99. The van der Waals surface area contributed by atoms with Gasteiger partial charge in [0, 0.05) is 23.4 Å². The molecule has 1 atom stereocenters. The number of rotatable bonds is 2. The Kier molecular flexibility index (Phi) is 2.77. The second-order valence-electron chi connectivity index (χ2n) is 3.49. The van der Waals surface area contributed by atoms with E-state index in [1.165, 1.54) is 0 Å². The summed E-state index contributed by atoms with van der Waals surface area (Å²) < 4.78 is 0. The average molecular weight is 211 g/mol. The van der Waals surface area contributed by atoms with E-state index in [2.05, 4.69) is 15.5 Å². The molecule has 1 fully saturated rings. The van der Waals surface area contributed by atoms with Crippen molar-refractivity contribution in [3.63, 3.8) is 0 Å². The van der Waals surface area contributed by atoms with Crippen molar-refractivity contribution in [1.82, 2.24) is 10.2 Å². The van der Waals surface area contributed by atoms with Gasteiger partial charge in [0.15, 0.2) is 5.82 Å². The van der Waals surface area contributed by atoms with Crippen LogP contribution in [-0.4, -0.2) is 27.6 Å². The molecule has 4 nitrogen and oxygen atoms in total. The molecule has 1 saturated heterocycles. The van der Waals surface area contributed by atoms with Crippen LogP contribution in [0.4, 0.5) is 5.82 Å². The summed E-state index contributed by atoms with van der Waals surface area (Å²) in [6.07, 6.45) is 0.986. The number of aromatic nitrogens is 2. The Hall–Kier alpha value is -0.970. The van der Waals surface area contributed by atoms with Crippen LogP contribution >= 0.6 is 11.8 Å². The Labute approximate surface area is 86.8 Å². The molecular weight excluding hydrogens is 198 g/mol. The molecule has 2 heterocycles. The summed E-state index contributed by atoms with van der Waals surface area (Å²) in [6.45, 7) is 1.91. The maximum Gasteiger partial charge on any atom is 0.229 e. The molecule has 0 saturated carbocycles. The van der Waals surface area contributed by atoms with Crippen molar-refractivity contribution in [2.24, 2.45) is 5.92 Å². The summed E-state index contributed by atoms with van der Waals surface area (Å²) >= 11 is 1.84. The highest BCUT2D eigenvalue weighted by Crippen LogP contribution is 2.24. The normalized spacial score (nSPS) is 21.1. The molecule has 2 N–H and O–H groups in total. The molecule has 1 aliphatic rings. The number of anilines is 1. The molecule has 0 bridgehead atoms. The number of nitrogens with zero attached hydrogens (tertiary/aromatic N) is 1. The quantitative estimate of drug-likeness (QED) is 0.777. The van der Waals surface area contributed by atoms with Gasteiger partial charge in [-0.25, -0.2) is 0 Å². The summed E-state index contributed by atoms with van der Waals surface area (Å²) in [4.78, 5) is 11.6. The molecule has 1 amide bonds. The molecule has 1 aliphatic heterocycles. The van der Waals surface area contributed by atoms with Gasteiger partial charge in [0.1, 0.15) is 0 Å². The van der Waals surface area contributed by atoms with Crippen molar-refractivity contribution in [3.05, 3.63) is 11.8 Å². The fourth-order valence-electron chi connectivity index (χ4n) is 1.45. The zero-order chi connectivity index (χ0) is 9.97. The molecule has 76 valence electrons. The van der Waals surface area contributed by atoms with Crippen LogP contribution in [0.25, 0.3) is 0 Å². The predicted octanol–water partition coefficient (Wildman–Crippen LogP) is 1.41. The summed E-state index contributed by atoms with van der Waals surface area (Å²) in [5, 5.41) is 9.57. The first kappa shape index (κ1) is 9.58. The van der Waals surface area contributed by atoms with Crippen molar-refractivity contribution in [2.75, 3.05) is 16.8 Å². The highest BCUT2D eigenvalue weighted by atomic mass is 32.2. The maximum absolute atomic E-state index is 11.6. The van der Waals surface area contributed by atoms with Crippen LogP contribution in [0, 0.1) is 12.8 Å². The van der Waals surface area contributed by atoms with Gasteiger partial charge in [-0.1, -0.05) is 0 Å². The van der Waals surface area contributed by atoms with E-state index in [1.807, 2.05) is 24.8 Å². The number of H-pyrrole nitrogens is 1. The van der Waals surface area contributed by atoms with Crippen molar-refractivity contribution in [2.45, 2.75) is 13.3 Å². The molecule has 2 rings (SSSR count). The van der Waals surface area contributed by atoms with E-state index in [-0.39, 0.29) is 11.8 Å². The minimum absolute atomic E-state index is 0.0986. The third-order valence-corrected chi connectivity index (χ3v) is 3.42. The summed E-state index contributed by atoms with van der Waals surface area (Å²) in [5.41, 5.74) is 0.959. The molecule has 0 aliphatic carbocycles. The standard InChI is InChI=1S/C9H13N3OS/c1-6-4-8(12-11-6)10-9(13)7-2-3-14-5-7/h4,7H,2-3,5H2,1H3,(H2,10,11,12,13). The zero-order valence-electron chi connectivity index (χ0n) is 8.04. The Balaban J connectivity index is 1.93. The lowest BCUT2D eigenvalue weighted by atomic mass is 10.1. The number of carbonyl (C=O) groups is 1. The van der Waals surface area contributed by atoms with Crippen LogP contribution in [0.15, 0.2) is 6.07 Å². The van der Waals surface area contributed by atoms with Gasteiger partial charge in [0.25, 0.3) is 0 Å². The largest absolute Gasteiger partial charge is 0.309 e. The summed E-state index contributed by atoms with van der Waals surface area (Å²) in [7, 11) is 0. The van der Waals surface area contributed by atoms with E-state index >= 15 is 0 Å². The second-order valence-corrected chi connectivity index (χ2v) is 4.64. The molecule has 0 aromatic carbocycles. The Morgan fingerprint density at radius 1 is 1.79 bits per heavy atom. The van der Waals surface area contributed by atoms with E-state index in [0.717, 1.165) is 23.6 Å². The molecule has 1 aromatic heterocycles. The minimum Gasteiger partial charge on any atom is -0.309 e. The molecule has 0 radical (unpaired) electrons. The first-order chi connectivity index (χ1) is 6.75. The van der Waals surface area contributed by atoms with E-state index in [1.54, 1.807) is 0 Å². The minimum atomic E-state index is 0.0986. The Morgan fingerprint density at radius 3 is 3.21 bits per heavy atom. The fourth-order valence-corrected chi connectivity index (χ4v) is 2.67. The van der Waals surface area contributed by atoms with Crippen LogP contribution in [-0.2, 0) is 4.79 Å². The molecule has 0 spiro atoms. The second kappa shape index (κ2) is 4.04. The van der Waals surface area contributed by atoms with Gasteiger partial charge in [0.2, 0.25) is 5.91 Å².